The number of fused-ring (bicyclic) bond motifs is 1. The number of aromatic nitrogens is 2. The first-order valence-electron chi connectivity index (χ1n) is 8.57. The first-order chi connectivity index (χ1) is 13.6. The van der Waals surface area contributed by atoms with E-state index in [1.165, 1.54) is 39.8 Å². The minimum absolute atomic E-state index is 0.0563. The Morgan fingerprint density at radius 3 is 2.52 bits per heavy atom. The molecule has 154 valence electrons. The van der Waals surface area contributed by atoms with Crippen LogP contribution in [0.4, 0.5) is 5.82 Å². The normalized spacial score (nSPS) is 11.7. The predicted octanol–water partition coefficient (Wildman–Crippen LogP) is 3.02. The molecule has 3 rings (SSSR count). The average molecular weight is 454 g/mol. The van der Waals surface area contributed by atoms with Gasteiger partial charge in [0.1, 0.15) is 5.69 Å². The van der Waals surface area contributed by atoms with Gasteiger partial charge in [-0.2, -0.15) is 4.98 Å². The topological polar surface area (TPSA) is 118 Å². The SMILES string of the molecule is Cc1ccc(S(=O)(=O)Nc2nc(=O)n3c(C)c(C)sc(SCCC(=O)O)c2-3)cc1. The number of thioether (sulfide) groups is 1. The molecule has 1 aromatic rings. The molecule has 0 saturated carbocycles. The number of nitrogens with one attached hydrogen (secondary N) is 1. The lowest BCUT2D eigenvalue weighted by Gasteiger charge is -2.15. The molecule has 11 heteroatoms. The number of carbonyl (C=O) groups is 1. The fourth-order valence-corrected chi connectivity index (χ4v) is 6.08. The van der Waals surface area contributed by atoms with E-state index in [0.717, 1.165) is 10.4 Å². The van der Waals surface area contributed by atoms with Crippen LogP contribution in [0.1, 0.15) is 22.6 Å². The zero-order chi connectivity index (χ0) is 21.3. The lowest BCUT2D eigenvalue weighted by molar-refractivity contribution is -0.136. The standard InChI is InChI=1S/C18H19N3O5S3/c1-10-4-6-13(7-5-10)29(25,26)20-16-15-17(27-9-8-14(22)23)28-12(3)11(2)21(15)18(24)19-16/h4-7H,8-9H2,1-3H3,(H,22,23)(H,19,20,24). The van der Waals surface area contributed by atoms with Gasteiger partial charge in [0.15, 0.2) is 5.82 Å². The first kappa shape index (κ1) is 21.3. The Morgan fingerprint density at radius 2 is 1.90 bits per heavy atom. The third kappa shape index (κ3) is 4.46. The number of imidazole rings is 1. The van der Waals surface area contributed by atoms with Gasteiger partial charge in [0.25, 0.3) is 10.0 Å². The number of rotatable bonds is 7. The molecule has 8 nitrogen and oxygen atoms in total. The number of sulfonamides is 1. The molecule has 0 amide bonds. The third-order valence-electron chi connectivity index (χ3n) is 4.24. The number of anilines is 1. The van der Waals surface area contributed by atoms with Gasteiger partial charge in [-0.05, 0) is 32.9 Å². The molecule has 2 heterocycles. The fraction of sp³-hybridized carbons (Fsp3) is 0.278. The molecule has 2 aliphatic rings. The summed E-state index contributed by atoms with van der Waals surface area (Å²) in [5.74, 6) is -0.707. The molecular formula is C18H19N3O5S3. The zero-order valence-corrected chi connectivity index (χ0v) is 18.4. The van der Waals surface area contributed by atoms with E-state index >= 15 is 0 Å². The number of carboxylic acids is 1. The number of aryl methyl sites for hydroxylation is 2. The second-order valence-corrected chi connectivity index (χ2v) is 10.6. The molecule has 0 atom stereocenters. The van der Waals surface area contributed by atoms with Gasteiger partial charge in [-0.15, -0.1) is 23.1 Å². The van der Waals surface area contributed by atoms with E-state index in [9.17, 15) is 18.0 Å². The number of benzene rings is 1. The highest BCUT2D eigenvalue weighted by Gasteiger charge is 2.26. The molecule has 0 spiro atoms. The molecule has 0 bridgehead atoms. The molecule has 0 aliphatic carbocycles. The maximum Gasteiger partial charge on any atom is 0.354 e. The maximum absolute atomic E-state index is 12.8. The molecule has 0 radical (unpaired) electrons. The minimum atomic E-state index is -3.95. The highest BCUT2D eigenvalue weighted by molar-refractivity contribution is 8.01. The Labute approximate surface area is 176 Å². The van der Waals surface area contributed by atoms with Crippen molar-refractivity contribution < 1.29 is 18.3 Å². The first-order valence-corrected chi connectivity index (χ1v) is 11.9. The van der Waals surface area contributed by atoms with Crippen molar-refractivity contribution in [2.75, 3.05) is 10.5 Å². The molecular weight excluding hydrogens is 434 g/mol. The molecule has 2 N–H and O–H groups in total. The van der Waals surface area contributed by atoms with Crippen molar-refractivity contribution in [1.29, 1.82) is 0 Å². The molecule has 2 aliphatic heterocycles. The van der Waals surface area contributed by atoms with Gasteiger partial charge in [0.2, 0.25) is 0 Å². The van der Waals surface area contributed by atoms with Crippen molar-refractivity contribution in [3.8, 4) is 5.69 Å². The van der Waals surface area contributed by atoms with Gasteiger partial charge in [0.05, 0.1) is 15.5 Å². The Balaban J connectivity index is 2.07. The minimum Gasteiger partial charge on any atom is -0.481 e. The lowest BCUT2D eigenvalue weighted by Crippen LogP contribution is -2.17. The molecule has 29 heavy (non-hydrogen) atoms. The molecule has 0 fully saturated rings. The quantitative estimate of drug-likeness (QED) is 0.528. The van der Waals surface area contributed by atoms with Crippen LogP contribution >= 0.6 is 23.1 Å². The van der Waals surface area contributed by atoms with E-state index in [1.54, 1.807) is 19.1 Å². The summed E-state index contributed by atoms with van der Waals surface area (Å²) in [5, 5.41) is 8.89. The van der Waals surface area contributed by atoms with Crippen molar-refractivity contribution in [3.05, 3.63) is 50.9 Å². The summed E-state index contributed by atoms with van der Waals surface area (Å²) in [6.45, 7) is 5.45. The van der Waals surface area contributed by atoms with E-state index in [2.05, 4.69) is 9.71 Å². The van der Waals surface area contributed by atoms with Crippen LogP contribution in [-0.4, -0.2) is 34.8 Å². The highest BCUT2D eigenvalue weighted by Crippen LogP contribution is 2.38. The van der Waals surface area contributed by atoms with Crippen molar-refractivity contribution >= 4 is 44.9 Å². The van der Waals surface area contributed by atoms with E-state index in [-0.39, 0.29) is 22.9 Å². The summed E-state index contributed by atoms with van der Waals surface area (Å²) < 4.78 is 30.0. The molecule has 1 aromatic carbocycles. The smallest absolute Gasteiger partial charge is 0.354 e. The summed E-state index contributed by atoms with van der Waals surface area (Å²) in [4.78, 5) is 28.2. The summed E-state index contributed by atoms with van der Waals surface area (Å²) in [6.07, 6.45) is -0.0563. The van der Waals surface area contributed by atoms with E-state index in [1.807, 2.05) is 13.8 Å². The zero-order valence-electron chi connectivity index (χ0n) is 15.9. The maximum atomic E-state index is 12.8. The van der Waals surface area contributed by atoms with Gasteiger partial charge in [-0.25, -0.2) is 13.2 Å². The van der Waals surface area contributed by atoms with Crippen LogP contribution in [0.2, 0.25) is 0 Å². The fourth-order valence-electron chi connectivity index (χ4n) is 2.62. The summed E-state index contributed by atoms with van der Waals surface area (Å²) in [6, 6.07) is 6.33. The van der Waals surface area contributed by atoms with Crippen LogP contribution in [0.25, 0.3) is 5.69 Å². The Bertz CT molecular complexity index is 1200. The van der Waals surface area contributed by atoms with Crippen molar-refractivity contribution in [1.82, 2.24) is 9.55 Å². The number of hydrogen-bond donors (Lipinski definition) is 2. The summed E-state index contributed by atoms with van der Waals surface area (Å²) in [5.41, 5.74) is 1.33. The van der Waals surface area contributed by atoms with Crippen molar-refractivity contribution in [2.24, 2.45) is 0 Å². The molecule has 0 unspecified atom stereocenters. The molecule has 0 aromatic heterocycles. The number of hydrogen-bond acceptors (Lipinski definition) is 7. The Morgan fingerprint density at radius 1 is 1.24 bits per heavy atom. The number of carboxylic acid groups (broad SMARTS) is 1. The van der Waals surface area contributed by atoms with Crippen molar-refractivity contribution in [2.45, 2.75) is 36.3 Å². The van der Waals surface area contributed by atoms with Gasteiger partial charge in [-0.1, -0.05) is 17.7 Å². The van der Waals surface area contributed by atoms with Crippen LogP contribution in [-0.2, 0) is 14.8 Å². The van der Waals surface area contributed by atoms with E-state index < -0.39 is 21.7 Å². The monoisotopic (exact) mass is 453 g/mol. The summed E-state index contributed by atoms with van der Waals surface area (Å²) >= 11 is 2.63. The van der Waals surface area contributed by atoms with Crippen LogP contribution in [0.3, 0.4) is 0 Å². The van der Waals surface area contributed by atoms with Crippen LogP contribution in [0.15, 0.2) is 38.2 Å². The van der Waals surface area contributed by atoms with Gasteiger partial charge in [0, 0.05) is 16.3 Å². The number of aliphatic carboxylic acids is 1. The van der Waals surface area contributed by atoms with Crippen LogP contribution in [0.5, 0.6) is 0 Å². The largest absolute Gasteiger partial charge is 0.481 e. The average Bonchev–Trinajstić information content (AvgIpc) is 2.95. The van der Waals surface area contributed by atoms with Gasteiger partial charge >= 0.3 is 11.7 Å². The highest BCUT2D eigenvalue weighted by atomic mass is 32.2. The Kier molecular flexibility index (Phi) is 6.01. The lowest BCUT2D eigenvalue weighted by atomic mass is 10.2. The predicted molar refractivity (Wildman–Crippen MR) is 113 cm³/mol. The van der Waals surface area contributed by atoms with Crippen molar-refractivity contribution in [3.63, 3.8) is 0 Å². The van der Waals surface area contributed by atoms with E-state index in [0.29, 0.717) is 15.6 Å². The van der Waals surface area contributed by atoms with Crippen LogP contribution in [0, 0.1) is 20.8 Å². The second kappa shape index (κ2) is 8.17. The van der Waals surface area contributed by atoms with E-state index in [4.69, 9.17) is 5.11 Å². The summed E-state index contributed by atoms with van der Waals surface area (Å²) in [7, 11) is -3.95. The van der Waals surface area contributed by atoms with Crippen LogP contribution < -0.4 is 10.4 Å². The second-order valence-electron chi connectivity index (χ2n) is 6.37. The Hall–Kier alpha value is -2.37. The van der Waals surface area contributed by atoms with Gasteiger partial charge < -0.3 is 5.11 Å². The number of nitrogens with zero attached hydrogens (tertiary/aromatic N) is 2. The van der Waals surface area contributed by atoms with Gasteiger partial charge in [-0.3, -0.25) is 14.1 Å². The molecule has 0 saturated heterocycles. The third-order valence-corrected chi connectivity index (χ3v) is 8.04.